The lowest BCUT2D eigenvalue weighted by molar-refractivity contribution is 0.430. The van der Waals surface area contributed by atoms with Gasteiger partial charge in [-0.05, 0) is 50.1 Å². The van der Waals surface area contributed by atoms with Gasteiger partial charge in [-0.2, -0.15) is 0 Å². The maximum atomic E-state index is 13.2. The number of hydrogen-bond acceptors (Lipinski definition) is 2. The smallest absolute Gasteiger partial charge is 0.123 e. The van der Waals surface area contributed by atoms with Crippen molar-refractivity contribution in [3.8, 4) is 0 Å². The van der Waals surface area contributed by atoms with E-state index in [-0.39, 0.29) is 11.9 Å². The lowest BCUT2D eigenvalue weighted by Crippen LogP contribution is -2.29. The number of aryl methyl sites for hydroxylation is 1. The van der Waals surface area contributed by atoms with Crippen molar-refractivity contribution in [2.24, 2.45) is 0 Å². The van der Waals surface area contributed by atoms with Gasteiger partial charge in [0.1, 0.15) is 11.6 Å². The summed E-state index contributed by atoms with van der Waals surface area (Å²) in [6.45, 7) is 4.19. The zero-order valence-electron chi connectivity index (χ0n) is 11.4. The summed E-state index contributed by atoms with van der Waals surface area (Å²) in [4.78, 5) is 0. The van der Waals surface area contributed by atoms with Crippen LogP contribution in [0.2, 0.25) is 0 Å². The van der Waals surface area contributed by atoms with E-state index in [4.69, 9.17) is 4.42 Å². The van der Waals surface area contributed by atoms with Gasteiger partial charge in [0, 0.05) is 18.5 Å². The first kappa shape index (κ1) is 13.8. The minimum Gasteiger partial charge on any atom is -0.469 e. The Kier molecular flexibility index (Phi) is 4.74. The van der Waals surface area contributed by atoms with Gasteiger partial charge in [-0.15, -0.1) is 0 Å². The van der Waals surface area contributed by atoms with Crippen molar-refractivity contribution < 1.29 is 8.81 Å². The lowest BCUT2D eigenvalue weighted by Gasteiger charge is -2.20. The van der Waals surface area contributed by atoms with E-state index < -0.39 is 0 Å². The van der Waals surface area contributed by atoms with Gasteiger partial charge >= 0.3 is 0 Å². The Morgan fingerprint density at radius 1 is 1.21 bits per heavy atom. The fourth-order valence-corrected chi connectivity index (χ4v) is 2.20. The Morgan fingerprint density at radius 2 is 2.05 bits per heavy atom. The molecular weight excluding hydrogens is 241 g/mol. The summed E-state index contributed by atoms with van der Waals surface area (Å²) in [5, 5.41) is 3.48. The second-order valence-corrected chi connectivity index (χ2v) is 4.96. The first-order valence-electron chi connectivity index (χ1n) is 6.69. The first-order valence-corrected chi connectivity index (χ1v) is 6.69. The first-order chi connectivity index (χ1) is 9.15. The predicted molar refractivity (Wildman–Crippen MR) is 74.4 cm³/mol. The van der Waals surface area contributed by atoms with Gasteiger partial charge in [0.25, 0.3) is 0 Å². The fraction of sp³-hybridized carbons (Fsp3) is 0.375. The molecule has 0 spiro atoms. The monoisotopic (exact) mass is 261 g/mol. The molecule has 0 amide bonds. The second kappa shape index (κ2) is 6.53. The van der Waals surface area contributed by atoms with Crippen molar-refractivity contribution in [2.75, 3.05) is 0 Å². The summed E-state index contributed by atoms with van der Waals surface area (Å²) in [5.41, 5.74) is 0.977. The molecule has 1 aromatic heterocycles. The molecule has 0 saturated carbocycles. The van der Waals surface area contributed by atoms with Gasteiger partial charge in [-0.3, -0.25) is 0 Å². The second-order valence-electron chi connectivity index (χ2n) is 4.96. The zero-order valence-corrected chi connectivity index (χ0v) is 11.4. The van der Waals surface area contributed by atoms with Crippen molar-refractivity contribution in [1.29, 1.82) is 0 Å². The molecule has 0 fully saturated rings. The van der Waals surface area contributed by atoms with Gasteiger partial charge in [0.15, 0.2) is 0 Å². The van der Waals surface area contributed by atoms with Crippen LogP contribution in [-0.2, 0) is 6.42 Å². The van der Waals surface area contributed by atoms with Crippen LogP contribution in [0.15, 0.2) is 47.1 Å². The van der Waals surface area contributed by atoms with Crippen molar-refractivity contribution in [3.05, 3.63) is 59.8 Å². The van der Waals surface area contributed by atoms with E-state index in [1.165, 1.54) is 6.07 Å². The van der Waals surface area contributed by atoms with Crippen molar-refractivity contribution >= 4 is 0 Å². The summed E-state index contributed by atoms with van der Waals surface area (Å²) >= 11 is 0. The SMILES string of the molecule is CC(CCc1ccco1)N[C@@H](C)c1cccc(F)c1. The molecule has 1 heterocycles. The molecule has 0 bridgehead atoms. The van der Waals surface area contributed by atoms with Crippen LogP contribution in [-0.4, -0.2) is 6.04 Å². The van der Waals surface area contributed by atoms with Crippen LogP contribution in [0.3, 0.4) is 0 Å². The fourth-order valence-electron chi connectivity index (χ4n) is 2.20. The van der Waals surface area contributed by atoms with Crippen LogP contribution in [0.5, 0.6) is 0 Å². The Hall–Kier alpha value is -1.61. The third kappa shape index (κ3) is 4.21. The van der Waals surface area contributed by atoms with Gasteiger partial charge in [-0.25, -0.2) is 4.39 Å². The number of hydrogen-bond donors (Lipinski definition) is 1. The van der Waals surface area contributed by atoms with E-state index in [0.29, 0.717) is 6.04 Å². The van der Waals surface area contributed by atoms with Crippen LogP contribution in [0, 0.1) is 5.82 Å². The van der Waals surface area contributed by atoms with E-state index in [1.807, 2.05) is 18.2 Å². The minimum absolute atomic E-state index is 0.141. The Labute approximate surface area is 113 Å². The quantitative estimate of drug-likeness (QED) is 0.847. The summed E-state index contributed by atoms with van der Waals surface area (Å²) in [6, 6.07) is 11.1. The highest BCUT2D eigenvalue weighted by Crippen LogP contribution is 2.15. The van der Waals surface area contributed by atoms with Crippen molar-refractivity contribution in [3.63, 3.8) is 0 Å². The van der Waals surface area contributed by atoms with Gasteiger partial charge < -0.3 is 9.73 Å². The van der Waals surface area contributed by atoms with E-state index in [0.717, 1.165) is 24.2 Å². The minimum atomic E-state index is -0.186. The van der Waals surface area contributed by atoms with E-state index in [1.54, 1.807) is 18.4 Å². The van der Waals surface area contributed by atoms with Crippen LogP contribution >= 0.6 is 0 Å². The van der Waals surface area contributed by atoms with Crippen molar-refractivity contribution in [1.82, 2.24) is 5.32 Å². The number of halogens is 1. The Morgan fingerprint density at radius 3 is 2.74 bits per heavy atom. The number of benzene rings is 1. The molecule has 1 unspecified atom stereocenters. The van der Waals surface area contributed by atoms with Gasteiger partial charge in [-0.1, -0.05) is 12.1 Å². The summed E-state index contributed by atoms with van der Waals surface area (Å²) in [7, 11) is 0. The molecule has 2 aromatic rings. The lowest BCUT2D eigenvalue weighted by atomic mass is 10.1. The van der Waals surface area contributed by atoms with Crippen LogP contribution < -0.4 is 5.32 Å². The molecule has 19 heavy (non-hydrogen) atoms. The van der Waals surface area contributed by atoms with Crippen LogP contribution in [0.4, 0.5) is 4.39 Å². The molecule has 0 radical (unpaired) electrons. The molecule has 2 rings (SSSR count). The maximum Gasteiger partial charge on any atom is 0.123 e. The Balaban J connectivity index is 1.83. The summed E-state index contributed by atoms with van der Waals surface area (Å²) in [5.74, 6) is 0.821. The van der Waals surface area contributed by atoms with E-state index in [2.05, 4.69) is 19.2 Å². The molecule has 2 nitrogen and oxygen atoms in total. The number of rotatable bonds is 6. The molecule has 1 aromatic carbocycles. The molecule has 0 aliphatic heterocycles. The van der Waals surface area contributed by atoms with Crippen molar-refractivity contribution in [2.45, 2.75) is 38.8 Å². The third-order valence-corrected chi connectivity index (χ3v) is 3.29. The van der Waals surface area contributed by atoms with E-state index >= 15 is 0 Å². The zero-order chi connectivity index (χ0) is 13.7. The molecule has 3 heteroatoms. The molecule has 2 atom stereocenters. The molecule has 102 valence electrons. The average Bonchev–Trinajstić information content (AvgIpc) is 2.89. The van der Waals surface area contributed by atoms with Crippen LogP contribution in [0.25, 0.3) is 0 Å². The summed E-state index contributed by atoms with van der Waals surface area (Å²) in [6.07, 6.45) is 3.60. The number of furan rings is 1. The summed E-state index contributed by atoms with van der Waals surface area (Å²) < 4.78 is 18.5. The number of nitrogens with one attached hydrogen (secondary N) is 1. The highest BCUT2D eigenvalue weighted by atomic mass is 19.1. The molecule has 0 aliphatic rings. The molecule has 0 aliphatic carbocycles. The predicted octanol–water partition coefficient (Wildman–Crippen LogP) is 4.09. The van der Waals surface area contributed by atoms with Gasteiger partial charge in [0.05, 0.1) is 6.26 Å². The van der Waals surface area contributed by atoms with Crippen LogP contribution in [0.1, 0.15) is 37.6 Å². The highest BCUT2D eigenvalue weighted by Gasteiger charge is 2.10. The maximum absolute atomic E-state index is 13.2. The van der Waals surface area contributed by atoms with Gasteiger partial charge in [0.2, 0.25) is 0 Å². The molecule has 0 saturated heterocycles. The Bertz CT molecular complexity index is 495. The average molecular weight is 261 g/mol. The van der Waals surface area contributed by atoms with E-state index in [9.17, 15) is 4.39 Å². The third-order valence-electron chi connectivity index (χ3n) is 3.29. The largest absolute Gasteiger partial charge is 0.469 e. The topological polar surface area (TPSA) is 25.2 Å². The standard InChI is InChI=1S/C16H20FNO/c1-12(8-9-16-7-4-10-19-16)18-13(2)14-5-3-6-15(17)11-14/h3-7,10-13,18H,8-9H2,1-2H3/t12?,13-/m0/s1. The highest BCUT2D eigenvalue weighted by molar-refractivity contribution is 5.19. The molecule has 1 N–H and O–H groups in total. The molecular formula is C16H20FNO. The normalized spacial score (nSPS) is 14.3.